The van der Waals surface area contributed by atoms with Gasteiger partial charge in [-0.05, 0) is 48.4 Å². The molecule has 0 N–H and O–H groups in total. The zero-order chi connectivity index (χ0) is 22.4. The Balaban J connectivity index is 1.92. The summed E-state index contributed by atoms with van der Waals surface area (Å²) >= 11 is 3.48. The maximum Gasteiger partial charge on any atom is 0.416 e. The lowest BCUT2D eigenvalue weighted by Crippen LogP contribution is -2.49. The Hall–Kier alpha value is -2.32. The van der Waals surface area contributed by atoms with Crippen molar-refractivity contribution in [1.29, 1.82) is 0 Å². The molecule has 0 saturated heterocycles. The lowest BCUT2D eigenvalue weighted by atomic mass is 9.88. The Bertz CT molecular complexity index is 1210. The quantitative estimate of drug-likeness (QED) is 0.401. The molecule has 1 aliphatic rings. The van der Waals surface area contributed by atoms with Gasteiger partial charge in [0.1, 0.15) is 0 Å². The number of benzene rings is 3. The van der Waals surface area contributed by atoms with Gasteiger partial charge in [0.15, 0.2) is 0 Å². The van der Waals surface area contributed by atoms with Crippen molar-refractivity contribution in [3.05, 3.63) is 95.1 Å². The highest BCUT2D eigenvalue weighted by molar-refractivity contribution is 9.09. The van der Waals surface area contributed by atoms with Crippen molar-refractivity contribution >= 4 is 31.6 Å². The molecule has 0 radical (unpaired) electrons. The SMILES string of the molecule is Cc1ccc(S(=O)(=O)N2c3ccccc3C[C@]2(CBr)c2ccc(C(F)(F)F)cc2)cc1. The van der Waals surface area contributed by atoms with E-state index in [4.69, 9.17) is 0 Å². The third-order valence-electron chi connectivity index (χ3n) is 5.61. The van der Waals surface area contributed by atoms with E-state index in [1.165, 1.54) is 16.4 Å². The van der Waals surface area contributed by atoms with Crippen molar-refractivity contribution < 1.29 is 21.6 Å². The van der Waals surface area contributed by atoms with Crippen LogP contribution in [0.3, 0.4) is 0 Å². The first-order valence-corrected chi connectivity index (χ1v) is 12.1. The van der Waals surface area contributed by atoms with Gasteiger partial charge >= 0.3 is 6.18 Å². The molecule has 1 heterocycles. The Labute approximate surface area is 187 Å². The van der Waals surface area contributed by atoms with Crippen LogP contribution < -0.4 is 4.31 Å². The first-order valence-electron chi connectivity index (χ1n) is 9.53. The van der Waals surface area contributed by atoms with Gasteiger partial charge < -0.3 is 0 Å². The van der Waals surface area contributed by atoms with E-state index in [2.05, 4.69) is 15.9 Å². The Kier molecular flexibility index (Phi) is 5.42. The van der Waals surface area contributed by atoms with Crippen molar-refractivity contribution in [2.24, 2.45) is 0 Å². The number of nitrogens with zero attached hydrogens (tertiary/aromatic N) is 1. The van der Waals surface area contributed by atoms with Crippen LogP contribution in [-0.4, -0.2) is 13.7 Å². The van der Waals surface area contributed by atoms with Crippen LogP contribution in [0.4, 0.5) is 18.9 Å². The van der Waals surface area contributed by atoms with Crippen molar-refractivity contribution in [3.8, 4) is 0 Å². The summed E-state index contributed by atoms with van der Waals surface area (Å²) in [6.45, 7) is 1.87. The highest BCUT2D eigenvalue weighted by Crippen LogP contribution is 2.49. The van der Waals surface area contributed by atoms with E-state index in [-0.39, 0.29) is 10.2 Å². The molecule has 1 atom stereocenters. The highest BCUT2D eigenvalue weighted by atomic mass is 79.9. The van der Waals surface area contributed by atoms with E-state index in [0.717, 1.165) is 23.3 Å². The van der Waals surface area contributed by atoms with Gasteiger partial charge in [-0.15, -0.1) is 0 Å². The number of rotatable bonds is 4. The van der Waals surface area contributed by atoms with Gasteiger partial charge in [-0.1, -0.05) is 64.0 Å². The number of sulfonamides is 1. The second kappa shape index (κ2) is 7.67. The van der Waals surface area contributed by atoms with Crippen molar-refractivity contribution in [2.75, 3.05) is 9.64 Å². The average molecular weight is 510 g/mol. The number of para-hydroxylation sites is 1. The minimum atomic E-state index is -4.47. The highest BCUT2D eigenvalue weighted by Gasteiger charge is 2.50. The van der Waals surface area contributed by atoms with Crippen LogP contribution in [0, 0.1) is 6.92 Å². The van der Waals surface area contributed by atoms with Crippen molar-refractivity contribution in [1.82, 2.24) is 0 Å². The van der Waals surface area contributed by atoms with Crippen LogP contribution in [-0.2, 0) is 28.2 Å². The van der Waals surface area contributed by atoms with Crippen LogP contribution in [0.1, 0.15) is 22.3 Å². The van der Waals surface area contributed by atoms with Crippen molar-refractivity contribution in [3.63, 3.8) is 0 Å². The second-order valence-electron chi connectivity index (χ2n) is 7.63. The third-order valence-corrected chi connectivity index (χ3v) is 8.43. The molecule has 0 bridgehead atoms. The molecule has 3 aromatic rings. The molecule has 0 spiro atoms. The summed E-state index contributed by atoms with van der Waals surface area (Å²) in [6.07, 6.45) is -4.13. The van der Waals surface area contributed by atoms with Gasteiger partial charge in [0, 0.05) is 11.8 Å². The molecule has 0 fully saturated rings. The maximum absolute atomic E-state index is 13.8. The molecule has 162 valence electrons. The number of fused-ring (bicyclic) bond motifs is 1. The number of hydrogen-bond donors (Lipinski definition) is 0. The fourth-order valence-corrected chi connectivity index (χ4v) is 6.78. The average Bonchev–Trinajstić information content (AvgIpc) is 3.10. The monoisotopic (exact) mass is 509 g/mol. The van der Waals surface area contributed by atoms with E-state index in [1.807, 2.05) is 19.1 Å². The standard InChI is InChI=1S/C23H19BrF3NO2S/c1-16-6-12-20(13-7-16)31(29,30)28-21-5-3-2-4-17(21)14-22(28,15-24)18-8-10-19(11-9-18)23(25,26)27/h2-13H,14-15H2,1H3/t22-/m0/s1. The third kappa shape index (κ3) is 3.65. The normalized spacial score (nSPS) is 18.8. The molecular weight excluding hydrogens is 491 g/mol. The van der Waals surface area contributed by atoms with Crippen LogP contribution >= 0.6 is 15.9 Å². The molecule has 0 unspecified atom stereocenters. The molecule has 0 aromatic heterocycles. The molecule has 31 heavy (non-hydrogen) atoms. The van der Waals surface area contributed by atoms with Crippen LogP contribution in [0.25, 0.3) is 0 Å². The fourth-order valence-electron chi connectivity index (χ4n) is 4.02. The predicted molar refractivity (Wildman–Crippen MR) is 118 cm³/mol. The smallest absolute Gasteiger partial charge is 0.254 e. The summed E-state index contributed by atoms with van der Waals surface area (Å²) in [6, 6.07) is 18.5. The van der Waals surface area contributed by atoms with E-state index < -0.39 is 27.3 Å². The van der Waals surface area contributed by atoms with Gasteiger partial charge in [0.05, 0.1) is 21.7 Å². The van der Waals surface area contributed by atoms with Gasteiger partial charge in [-0.25, -0.2) is 8.42 Å². The molecule has 4 rings (SSSR count). The van der Waals surface area contributed by atoms with Crippen LogP contribution in [0.5, 0.6) is 0 Å². The summed E-state index contributed by atoms with van der Waals surface area (Å²) in [7, 11) is -3.99. The van der Waals surface area contributed by atoms with Gasteiger partial charge in [-0.2, -0.15) is 13.2 Å². The van der Waals surface area contributed by atoms with Crippen molar-refractivity contribution in [2.45, 2.75) is 30.0 Å². The number of anilines is 1. The lowest BCUT2D eigenvalue weighted by molar-refractivity contribution is -0.137. The number of halogens is 4. The Morgan fingerprint density at radius 3 is 2.16 bits per heavy atom. The molecule has 0 aliphatic carbocycles. The number of hydrogen-bond acceptors (Lipinski definition) is 2. The first kappa shape index (κ1) is 21.9. The largest absolute Gasteiger partial charge is 0.416 e. The minimum absolute atomic E-state index is 0.132. The topological polar surface area (TPSA) is 37.4 Å². The van der Waals surface area contributed by atoms with E-state index >= 15 is 0 Å². The first-order chi connectivity index (χ1) is 14.6. The minimum Gasteiger partial charge on any atom is -0.254 e. The summed E-state index contributed by atoms with van der Waals surface area (Å²) in [5, 5.41) is 0.213. The summed E-state index contributed by atoms with van der Waals surface area (Å²) < 4.78 is 68.3. The van der Waals surface area contributed by atoms with Crippen LogP contribution in [0.2, 0.25) is 0 Å². The summed E-state index contributed by atoms with van der Waals surface area (Å²) in [4.78, 5) is 0.132. The Morgan fingerprint density at radius 2 is 1.58 bits per heavy atom. The molecule has 1 aliphatic heterocycles. The van der Waals surface area contributed by atoms with E-state index in [1.54, 1.807) is 36.4 Å². The van der Waals surface area contributed by atoms with Gasteiger partial charge in [0.25, 0.3) is 10.0 Å². The van der Waals surface area contributed by atoms with Crippen LogP contribution in [0.15, 0.2) is 77.7 Å². The number of alkyl halides is 4. The summed E-state index contributed by atoms with van der Waals surface area (Å²) in [5.74, 6) is 0. The molecular formula is C23H19BrF3NO2S. The fraction of sp³-hybridized carbons (Fsp3) is 0.217. The van der Waals surface area contributed by atoms with Gasteiger partial charge in [-0.3, -0.25) is 4.31 Å². The predicted octanol–water partition coefficient (Wildman–Crippen LogP) is 6.06. The molecule has 8 heteroatoms. The maximum atomic E-state index is 13.8. The molecule has 3 aromatic carbocycles. The van der Waals surface area contributed by atoms with E-state index in [9.17, 15) is 21.6 Å². The molecule has 3 nitrogen and oxygen atoms in total. The lowest BCUT2D eigenvalue weighted by Gasteiger charge is -2.38. The summed E-state index contributed by atoms with van der Waals surface area (Å²) in [5.41, 5.74) is 0.890. The molecule has 0 amide bonds. The zero-order valence-electron chi connectivity index (χ0n) is 16.5. The van der Waals surface area contributed by atoms with E-state index in [0.29, 0.717) is 17.7 Å². The zero-order valence-corrected chi connectivity index (χ0v) is 18.9. The Morgan fingerprint density at radius 1 is 0.968 bits per heavy atom. The second-order valence-corrected chi connectivity index (χ2v) is 9.98. The number of aryl methyl sites for hydroxylation is 1. The molecule has 0 saturated carbocycles. The van der Waals surface area contributed by atoms with Gasteiger partial charge in [0.2, 0.25) is 0 Å².